The zero-order valence-corrected chi connectivity index (χ0v) is 12.6. The number of aryl methyl sites for hydroxylation is 3. The predicted molar refractivity (Wildman–Crippen MR) is 79.3 cm³/mol. The number of aliphatic hydroxyl groups excluding tert-OH is 1. The molecule has 1 unspecified atom stereocenters. The van der Waals surface area contributed by atoms with E-state index in [1.54, 1.807) is 6.92 Å². The van der Waals surface area contributed by atoms with Gasteiger partial charge in [-0.25, -0.2) is 4.98 Å². The van der Waals surface area contributed by atoms with Crippen LogP contribution in [0.4, 0.5) is 0 Å². The molecular weight excluding hydrogens is 236 g/mol. The Kier molecular flexibility index (Phi) is 3.95. The van der Waals surface area contributed by atoms with E-state index in [9.17, 15) is 5.11 Å². The fraction of sp³-hybridized carbons (Fsp3) is 0.562. The molecule has 1 N–H and O–H groups in total. The average Bonchev–Trinajstić information content (AvgIpc) is 2.65. The van der Waals surface area contributed by atoms with Crippen molar-refractivity contribution < 1.29 is 5.11 Å². The van der Waals surface area contributed by atoms with E-state index >= 15 is 0 Å². The van der Waals surface area contributed by atoms with Gasteiger partial charge in [-0.3, -0.25) is 0 Å². The summed E-state index contributed by atoms with van der Waals surface area (Å²) >= 11 is 0. The first kappa shape index (κ1) is 14.1. The first-order valence-electron chi connectivity index (χ1n) is 7.05. The van der Waals surface area contributed by atoms with Crippen LogP contribution in [0.1, 0.15) is 50.2 Å². The van der Waals surface area contributed by atoms with E-state index in [1.807, 2.05) is 0 Å². The number of rotatable bonds is 4. The van der Waals surface area contributed by atoms with Crippen LogP contribution in [0.3, 0.4) is 0 Å². The molecule has 0 spiro atoms. The van der Waals surface area contributed by atoms with Gasteiger partial charge in [0.15, 0.2) is 0 Å². The molecule has 0 aliphatic carbocycles. The van der Waals surface area contributed by atoms with Gasteiger partial charge in [0.1, 0.15) is 11.9 Å². The summed E-state index contributed by atoms with van der Waals surface area (Å²) in [4.78, 5) is 4.61. The van der Waals surface area contributed by atoms with Crippen LogP contribution in [0.5, 0.6) is 0 Å². The standard InChI is InChI=1S/C16H24N2O/c1-10(2)6-7-18-15-9-12(4)11(3)8-14(15)17-16(18)13(5)19/h8-10,13,19H,6-7H2,1-5H3. The Balaban J connectivity index is 2.55. The minimum Gasteiger partial charge on any atom is -0.385 e. The number of hydrogen-bond donors (Lipinski definition) is 1. The lowest BCUT2D eigenvalue weighted by Gasteiger charge is -2.12. The van der Waals surface area contributed by atoms with Crippen molar-refractivity contribution in [1.29, 1.82) is 0 Å². The molecule has 0 saturated heterocycles. The Bertz CT molecular complexity index is 582. The molecule has 0 fully saturated rings. The number of imidazole rings is 1. The molecule has 1 aromatic carbocycles. The third-order valence-corrected chi connectivity index (χ3v) is 3.70. The van der Waals surface area contributed by atoms with E-state index in [0.29, 0.717) is 5.92 Å². The molecule has 0 aliphatic heterocycles. The molecule has 0 radical (unpaired) electrons. The highest BCUT2D eigenvalue weighted by Crippen LogP contribution is 2.24. The quantitative estimate of drug-likeness (QED) is 0.909. The van der Waals surface area contributed by atoms with Gasteiger partial charge < -0.3 is 9.67 Å². The predicted octanol–water partition coefficient (Wildman–Crippen LogP) is 3.75. The zero-order chi connectivity index (χ0) is 14.2. The summed E-state index contributed by atoms with van der Waals surface area (Å²) in [7, 11) is 0. The van der Waals surface area contributed by atoms with Gasteiger partial charge in [0.2, 0.25) is 0 Å². The minimum absolute atomic E-state index is 0.528. The van der Waals surface area contributed by atoms with Crippen molar-refractivity contribution in [2.24, 2.45) is 5.92 Å². The van der Waals surface area contributed by atoms with E-state index in [2.05, 4.69) is 49.4 Å². The topological polar surface area (TPSA) is 38.1 Å². The van der Waals surface area contributed by atoms with E-state index in [4.69, 9.17) is 0 Å². The summed E-state index contributed by atoms with van der Waals surface area (Å²) in [6, 6.07) is 4.30. The van der Waals surface area contributed by atoms with Gasteiger partial charge in [0.05, 0.1) is 11.0 Å². The molecular formula is C16H24N2O. The Morgan fingerprint density at radius 3 is 2.37 bits per heavy atom. The number of benzene rings is 1. The molecule has 3 nitrogen and oxygen atoms in total. The summed E-state index contributed by atoms with van der Waals surface area (Å²) < 4.78 is 2.17. The molecule has 1 aromatic heterocycles. The maximum absolute atomic E-state index is 9.93. The van der Waals surface area contributed by atoms with Crippen LogP contribution in [0.2, 0.25) is 0 Å². The van der Waals surface area contributed by atoms with Gasteiger partial charge in [-0.2, -0.15) is 0 Å². The van der Waals surface area contributed by atoms with Crippen LogP contribution >= 0.6 is 0 Å². The molecule has 19 heavy (non-hydrogen) atoms. The SMILES string of the molecule is Cc1cc2nc(C(C)O)n(CCC(C)C)c2cc1C. The highest BCUT2D eigenvalue weighted by atomic mass is 16.3. The fourth-order valence-corrected chi connectivity index (χ4v) is 2.34. The van der Waals surface area contributed by atoms with Gasteiger partial charge in [0.25, 0.3) is 0 Å². The first-order chi connectivity index (χ1) is 8.90. The van der Waals surface area contributed by atoms with Crippen molar-refractivity contribution in [2.45, 2.75) is 53.7 Å². The number of aromatic nitrogens is 2. The van der Waals surface area contributed by atoms with Crippen molar-refractivity contribution in [3.05, 3.63) is 29.1 Å². The van der Waals surface area contributed by atoms with Crippen LogP contribution in [-0.2, 0) is 6.54 Å². The Morgan fingerprint density at radius 2 is 1.79 bits per heavy atom. The van der Waals surface area contributed by atoms with Crippen molar-refractivity contribution >= 4 is 11.0 Å². The molecule has 0 aliphatic rings. The number of hydrogen-bond acceptors (Lipinski definition) is 2. The summed E-state index contributed by atoms with van der Waals surface area (Å²) in [6.07, 6.45) is 0.568. The Morgan fingerprint density at radius 1 is 1.16 bits per heavy atom. The van der Waals surface area contributed by atoms with Gasteiger partial charge in [-0.1, -0.05) is 13.8 Å². The average molecular weight is 260 g/mol. The lowest BCUT2D eigenvalue weighted by molar-refractivity contribution is 0.183. The van der Waals surface area contributed by atoms with Crippen LogP contribution in [0, 0.1) is 19.8 Å². The minimum atomic E-state index is -0.528. The van der Waals surface area contributed by atoms with Crippen LogP contribution in [0.25, 0.3) is 11.0 Å². The highest BCUT2D eigenvalue weighted by Gasteiger charge is 2.15. The second-order valence-electron chi connectivity index (χ2n) is 5.91. The third-order valence-electron chi connectivity index (χ3n) is 3.70. The molecule has 3 heteroatoms. The van der Waals surface area contributed by atoms with Gasteiger partial charge in [0, 0.05) is 6.54 Å². The van der Waals surface area contributed by atoms with Crippen molar-refractivity contribution in [1.82, 2.24) is 9.55 Å². The van der Waals surface area contributed by atoms with E-state index in [-0.39, 0.29) is 0 Å². The number of fused-ring (bicyclic) bond motifs is 1. The first-order valence-corrected chi connectivity index (χ1v) is 7.05. The lowest BCUT2D eigenvalue weighted by Crippen LogP contribution is -2.08. The highest BCUT2D eigenvalue weighted by molar-refractivity contribution is 5.78. The number of nitrogens with zero attached hydrogens (tertiary/aromatic N) is 2. The van der Waals surface area contributed by atoms with E-state index in [1.165, 1.54) is 11.1 Å². The molecule has 2 aromatic rings. The summed E-state index contributed by atoms with van der Waals surface area (Å²) in [5.41, 5.74) is 4.65. The Labute approximate surface area is 115 Å². The second-order valence-corrected chi connectivity index (χ2v) is 5.91. The van der Waals surface area contributed by atoms with Gasteiger partial charge in [-0.05, 0) is 56.4 Å². The second kappa shape index (κ2) is 5.33. The van der Waals surface area contributed by atoms with Crippen molar-refractivity contribution in [3.63, 3.8) is 0 Å². The number of aliphatic hydroxyl groups is 1. The van der Waals surface area contributed by atoms with E-state index in [0.717, 1.165) is 29.8 Å². The molecule has 104 valence electrons. The monoisotopic (exact) mass is 260 g/mol. The maximum Gasteiger partial charge on any atom is 0.138 e. The maximum atomic E-state index is 9.93. The van der Waals surface area contributed by atoms with Gasteiger partial charge in [-0.15, -0.1) is 0 Å². The van der Waals surface area contributed by atoms with Gasteiger partial charge >= 0.3 is 0 Å². The van der Waals surface area contributed by atoms with Crippen molar-refractivity contribution in [2.75, 3.05) is 0 Å². The molecule has 1 heterocycles. The summed E-state index contributed by atoms with van der Waals surface area (Å²) in [5, 5.41) is 9.93. The van der Waals surface area contributed by atoms with Crippen molar-refractivity contribution in [3.8, 4) is 0 Å². The largest absolute Gasteiger partial charge is 0.385 e. The summed E-state index contributed by atoms with van der Waals surface area (Å²) in [6.45, 7) is 11.4. The van der Waals surface area contributed by atoms with Crippen LogP contribution in [-0.4, -0.2) is 14.7 Å². The molecule has 0 amide bonds. The summed E-state index contributed by atoms with van der Waals surface area (Å²) in [5.74, 6) is 1.42. The molecule has 2 rings (SSSR count). The zero-order valence-electron chi connectivity index (χ0n) is 12.6. The smallest absolute Gasteiger partial charge is 0.138 e. The Hall–Kier alpha value is -1.35. The van der Waals surface area contributed by atoms with E-state index < -0.39 is 6.10 Å². The molecule has 1 atom stereocenters. The van der Waals surface area contributed by atoms with Crippen LogP contribution < -0.4 is 0 Å². The molecule has 0 saturated carbocycles. The van der Waals surface area contributed by atoms with Crippen LogP contribution in [0.15, 0.2) is 12.1 Å². The lowest BCUT2D eigenvalue weighted by atomic mass is 10.1. The fourth-order valence-electron chi connectivity index (χ4n) is 2.34. The third kappa shape index (κ3) is 2.81. The molecule has 0 bridgehead atoms. The normalized spacial score (nSPS) is 13.4.